The average Bonchev–Trinajstić information content (AvgIpc) is 3.39. The molecule has 0 bridgehead atoms. The van der Waals surface area contributed by atoms with Crippen LogP contribution in [0, 0.1) is 12.3 Å². The highest BCUT2D eigenvalue weighted by molar-refractivity contribution is 6.35. The minimum atomic E-state index is -0.274. The van der Waals surface area contributed by atoms with Crippen LogP contribution in [0.15, 0.2) is 36.4 Å². The van der Waals surface area contributed by atoms with Crippen LogP contribution in [0.2, 0.25) is 5.02 Å². The first-order chi connectivity index (χ1) is 19.0. The molecule has 2 atom stereocenters. The largest absolute Gasteiger partial charge is 0.462 e. The van der Waals surface area contributed by atoms with Gasteiger partial charge in [0.15, 0.2) is 0 Å². The molecule has 2 fully saturated rings. The number of fused-ring (bicyclic) bond motifs is 2. The van der Waals surface area contributed by atoms with E-state index < -0.39 is 0 Å². The molecule has 3 aliphatic rings. The normalized spacial score (nSPS) is 21.6. The fourth-order valence-corrected chi connectivity index (χ4v) is 6.21. The van der Waals surface area contributed by atoms with Gasteiger partial charge < -0.3 is 24.2 Å². The predicted octanol–water partition coefficient (Wildman–Crippen LogP) is 3.85. The highest BCUT2D eigenvalue weighted by Gasteiger charge is 2.31. The van der Waals surface area contributed by atoms with E-state index in [2.05, 4.69) is 41.0 Å². The number of anilines is 1. The molecule has 6 rings (SSSR count). The van der Waals surface area contributed by atoms with Crippen molar-refractivity contribution in [2.24, 2.45) is 0 Å². The Bertz CT molecular complexity index is 1430. The third-order valence-electron chi connectivity index (χ3n) is 8.16. The summed E-state index contributed by atoms with van der Waals surface area (Å²) in [7, 11) is 2.13. The van der Waals surface area contributed by atoms with Crippen molar-refractivity contribution in [2.45, 2.75) is 38.0 Å². The number of likely N-dealkylation sites (tertiary alicyclic amines) is 1. The zero-order valence-electron chi connectivity index (χ0n) is 22.1. The van der Waals surface area contributed by atoms with E-state index >= 15 is 0 Å². The van der Waals surface area contributed by atoms with Crippen molar-refractivity contribution in [3.05, 3.63) is 58.2 Å². The second-order valence-electron chi connectivity index (χ2n) is 10.5. The number of hydrogen-bond donors (Lipinski definition) is 0. The van der Waals surface area contributed by atoms with Crippen molar-refractivity contribution in [2.75, 3.05) is 51.3 Å². The third kappa shape index (κ3) is 5.14. The van der Waals surface area contributed by atoms with Crippen LogP contribution < -0.4 is 9.64 Å². The molecule has 0 aliphatic carbocycles. The van der Waals surface area contributed by atoms with Crippen LogP contribution in [0.3, 0.4) is 0 Å². The van der Waals surface area contributed by atoms with Crippen LogP contribution in [-0.4, -0.2) is 78.1 Å². The van der Waals surface area contributed by atoms with Crippen molar-refractivity contribution < 1.29 is 14.3 Å². The van der Waals surface area contributed by atoms with Gasteiger partial charge in [0.2, 0.25) is 0 Å². The number of ether oxygens (including phenoxy) is 2. The van der Waals surface area contributed by atoms with Crippen LogP contribution in [0.4, 0.5) is 5.82 Å². The summed E-state index contributed by atoms with van der Waals surface area (Å²) in [5.74, 6) is 2.76. The highest BCUT2D eigenvalue weighted by atomic mass is 35.5. The van der Waals surface area contributed by atoms with E-state index in [0.29, 0.717) is 62.9 Å². The van der Waals surface area contributed by atoms with Gasteiger partial charge in [0, 0.05) is 54.6 Å². The summed E-state index contributed by atoms with van der Waals surface area (Å²) in [6.07, 6.45) is 8.02. The fourth-order valence-electron chi connectivity index (χ4n) is 5.92. The quantitative estimate of drug-likeness (QED) is 0.451. The Morgan fingerprint density at radius 3 is 2.69 bits per heavy atom. The Kier molecular flexibility index (Phi) is 7.30. The molecule has 3 aromatic rings. The molecule has 0 saturated carbocycles. The molecular formula is C30H32ClN5O3. The number of piperazine rings is 1. The standard InChI is InChI=1S/C30H32ClN5O3/c1-3-27(37)35-13-15-36(16-14-35)29-23-19-38-26(22-10-4-7-20-8-5-11-24(31)28(20)22)17-25(23)32-30(33-29)39-18-21-9-6-12-34(21)2/h1,4-5,7-8,10-11,21,26H,6,9,12-19H2,2H3. The van der Waals surface area contributed by atoms with Crippen LogP contribution in [-0.2, 0) is 22.6 Å². The molecule has 1 amide bonds. The number of carbonyl (C=O) groups excluding carboxylic acids is 1. The van der Waals surface area contributed by atoms with Gasteiger partial charge in [-0.1, -0.05) is 41.9 Å². The van der Waals surface area contributed by atoms with Crippen molar-refractivity contribution >= 4 is 34.1 Å². The summed E-state index contributed by atoms with van der Waals surface area (Å²) >= 11 is 6.64. The summed E-state index contributed by atoms with van der Waals surface area (Å²) < 4.78 is 12.7. The molecule has 0 radical (unpaired) electrons. The number of hydrogen-bond acceptors (Lipinski definition) is 7. The lowest BCUT2D eigenvalue weighted by molar-refractivity contribution is -0.125. The lowest BCUT2D eigenvalue weighted by atomic mass is 9.94. The molecule has 4 heterocycles. The van der Waals surface area contributed by atoms with Crippen molar-refractivity contribution in [3.8, 4) is 18.4 Å². The summed E-state index contributed by atoms with van der Waals surface area (Å²) in [4.78, 5) is 28.0. The third-order valence-corrected chi connectivity index (χ3v) is 8.47. The van der Waals surface area contributed by atoms with Gasteiger partial charge >= 0.3 is 6.01 Å². The molecule has 1 aromatic heterocycles. The van der Waals surface area contributed by atoms with Crippen molar-refractivity contribution in [3.63, 3.8) is 0 Å². The Morgan fingerprint density at radius 1 is 1.15 bits per heavy atom. The first kappa shape index (κ1) is 25.9. The van der Waals surface area contributed by atoms with Gasteiger partial charge in [-0.2, -0.15) is 9.97 Å². The summed E-state index contributed by atoms with van der Waals surface area (Å²) in [5, 5.41) is 2.81. The smallest absolute Gasteiger partial charge is 0.318 e. The van der Waals surface area contributed by atoms with E-state index in [4.69, 9.17) is 37.5 Å². The number of rotatable bonds is 5. The molecule has 3 aliphatic heterocycles. The van der Waals surface area contributed by atoms with Gasteiger partial charge in [0.25, 0.3) is 5.91 Å². The first-order valence-electron chi connectivity index (χ1n) is 13.5. The highest BCUT2D eigenvalue weighted by Crippen LogP contribution is 2.39. The zero-order chi connectivity index (χ0) is 26.9. The molecule has 2 saturated heterocycles. The summed E-state index contributed by atoms with van der Waals surface area (Å²) in [6, 6.07) is 12.9. The van der Waals surface area contributed by atoms with E-state index in [1.807, 2.05) is 18.2 Å². The van der Waals surface area contributed by atoms with Gasteiger partial charge in [-0.25, -0.2) is 0 Å². The van der Waals surface area contributed by atoms with Gasteiger partial charge in [-0.05, 0) is 49.4 Å². The van der Waals surface area contributed by atoms with Crippen LogP contribution in [0.25, 0.3) is 10.8 Å². The first-order valence-corrected chi connectivity index (χ1v) is 13.9. The van der Waals surface area contributed by atoms with Crippen LogP contribution >= 0.6 is 11.6 Å². The zero-order valence-corrected chi connectivity index (χ0v) is 22.9. The Labute approximate surface area is 233 Å². The Balaban J connectivity index is 1.31. The fraction of sp³-hybridized carbons (Fsp3) is 0.433. The Hall–Kier alpha value is -3.38. The number of terminal acetylenes is 1. The second-order valence-corrected chi connectivity index (χ2v) is 10.9. The summed E-state index contributed by atoms with van der Waals surface area (Å²) in [6.45, 7) is 4.36. The number of halogens is 1. The van der Waals surface area contributed by atoms with Crippen molar-refractivity contribution in [1.82, 2.24) is 19.8 Å². The minimum Gasteiger partial charge on any atom is -0.462 e. The molecule has 39 heavy (non-hydrogen) atoms. The molecule has 8 nitrogen and oxygen atoms in total. The maximum absolute atomic E-state index is 12.0. The molecule has 2 aromatic carbocycles. The topological polar surface area (TPSA) is 71.0 Å². The second kappa shape index (κ2) is 11.0. The van der Waals surface area contributed by atoms with Crippen molar-refractivity contribution in [1.29, 1.82) is 0 Å². The molecule has 9 heteroatoms. The van der Waals surface area contributed by atoms with E-state index in [1.54, 1.807) is 4.90 Å². The van der Waals surface area contributed by atoms with Gasteiger partial charge in [-0.3, -0.25) is 4.79 Å². The average molecular weight is 546 g/mol. The predicted molar refractivity (Wildman–Crippen MR) is 151 cm³/mol. The van der Waals surface area contributed by atoms with E-state index in [-0.39, 0.29) is 12.0 Å². The molecular weight excluding hydrogens is 514 g/mol. The number of carbonyl (C=O) groups is 1. The van der Waals surface area contributed by atoms with Gasteiger partial charge in [0.05, 0.1) is 18.4 Å². The van der Waals surface area contributed by atoms with E-state index in [0.717, 1.165) is 46.4 Å². The van der Waals surface area contributed by atoms with Crippen LogP contribution in [0.5, 0.6) is 6.01 Å². The van der Waals surface area contributed by atoms with E-state index in [1.165, 1.54) is 6.42 Å². The van der Waals surface area contributed by atoms with Crippen LogP contribution in [0.1, 0.15) is 35.8 Å². The summed E-state index contributed by atoms with van der Waals surface area (Å²) in [5.41, 5.74) is 2.96. The lowest BCUT2D eigenvalue weighted by Crippen LogP contribution is -2.49. The lowest BCUT2D eigenvalue weighted by Gasteiger charge is -2.37. The number of likely N-dealkylation sites (N-methyl/N-ethyl adjacent to an activating group) is 1. The SMILES string of the molecule is C#CC(=O)N1CCN(c2nc(OCC3CCCN3C)nc3c2COC(c2cccc4cccc(Cl)c24)C3)CC1. The minimum absolute atomic E-state index is 0.192. The maximum atomic E-state index is 12.0. The maximum Gasteiger partial charge on any atom is 0.318 e. The Morgan fingerprint density at radius 2 is 1.95 bits per heavy atom. The molecule has 2 unspecified atom stereocenters. The number of aromatic nitrogens is 2. The monoisotopic (exact) mass is 545 g/mol. The molecule has 0 N–H and O–H groups in total. The molecule has 0 spiro atoms. The number of nitrogens with zero attached hydrogens (tertiary/aromatic N) is 5. The van der Waals surface area contributed by atoms with E-state index in [9.17, 15) is 4.79 Å². The molecule has 202 valence electrons. The van der Waals surface area contributed by atoms with Gasteiger partial charge in [0.1, 0.15) is 12.4 Å². The van der Waals surface area contributed by atoms with Gasteiger partial charge in [-0.15, -0.1) is 6.42 Å². The number of benzene rings is 2. The number of amides is 1.